The molecule has 0 saturated carbocycles. The molecule has 0 aromatic heterocycles. The highest BCUT2D eigenvalue weighted by molar-refractivity contribution is 6.05. The summed E-state index contributed by atoms with van der Waals surface area (Å²) >= 11 is 0. The number of hydrogen-bond donors (Lipinski definition) is 3. The Bertz CT molecular complexity index is 472. The van der Waals surface area contributed by atoms with Crippen molar-refractivity contribution >= 4 is 23.8 Å². The molecule has 2 unspecified atom stereocenters. The van der Waals surface area contributed by atoms with Crippen LogP contribution in [0.5, 0.6) is 0 Å². The average molecular weight is 390 g/mol. The van der Waals surface area contributed by atoms with Crippen LogP contribution in [0.3, 0.4) is 0 Å². The lowest BCUT2D eigenvalue weighted by molar-refractivity contribution is -0.144. The van der Waals surface area contributed by atoms with E-state index in [1.807, 2.05) is 6.92 Å². The molecular weight excluding hydrogens is 356 g/mol. The largest absolute Gasteiger partial charge is 0.469 e. The van der Waals surface area contributed by atoms with Crippen molar-refractivity contribution in [2.24, 2.45) is 5.92 Å². The monoisotopic (exact) mass is 390 g/mol. The molecule has 0 bridgehead atoms. The molecule has 0 radical (unpaired) electrons. The first kappa shape index (κ1) is 27.2. The summed E-state index contributed by atoms with van der Waals surface area (Å²) in [5.41, 5.74) is 0. The number of ether oxygens (including phenoxy) is 2. The van der Waals surface area contributed by atoms with Gasteiger partial charge in [-0.05, 0) is 21.1 Å². The van der Waals surface area contributed by atoms with Gasteiger partial charge < -0.3 is 25.4 Å². The van der Waals surface area contributed by atoms with Gasteiger partial charge >= 0.3 is 11.9 Å². The first-order chi connectivity index (χ1) is 12.7. The fourth-order valence-corrected chi connectivity index (χ4v) is 1.90. The van der Waals surface area contributed by atoms with Crippen LogP contribution in [0.15, 0.2) is 0 Å². The molecule has 10 heteroatoms. The van der Waals surface area contributed by atoms with Crippen LogP contribution in [0.2, 0.25) is 0 Å². The number of likely N-dealkylation sites (tertiary alicyclic amines) is 1. The van der Waals surface area contributed by atoms with Gasteiger partial charge in [0.25, 0.3) is 0 Å². The minimum atomic E-state index is -0.294. The summed E-state index contributed by atoms with van der Waals surface area (Å²) in [6.45, 7) is 3.18. The van der Waals surface area contributed by atoms with Gasteiger partial charge in [-0.25, -0.2) is 0 Å². The van der Waals surface area contributed by atoms with Crippen molar-refractivity contribution in [3.05, 3.63) is 0 Å². The topological polar surface area (TPSA) is 126 Å². The lowest BCUT2D eigenvalue weighted by Gasteiger charge is -2.06. The van der Waals surface area contributed by atoms with Gasteiger partial charge in [0.05, 0.1) is 39.0 Å². The second-order valence-corrected chi connectivity index (χ2v) is 5.75. The maximum absolute atomic E-state index is 11.0. The van der Waals surface area contributed by atoms with Crippen molar-refractivity contribution in [1.29, 1.82) is 0 Å². The summed E-state index contributed by atoms with van der Waals surface area (Å²) in [5, 5.41) is 8.48. The van der Waals surface area contributed by atoms with Gasteiger partial charge in [-0.1, -0.05) is 6.92 Å². The third kappa shape index (κ3) is 12.1. The molecule has 0 aromatic carbocycles. The van der Waals surface area contributed by atoms with Gasteiger partial charge in [-0.2, -0.15) is 0 Å². The summed E-state index contributed by atoms with van der Waals surface area (Å²) in [7, 11) is 9.56. The summed E-state index contributed by atoms with van der Waals surface area (Å²) in [5.74, 6) is -0.611. The number of imide groups is 1. The molecule has 1 saturated heterocycles. The fraction of sp³-hybridized carbons (Fsp3) is 0.765. The number of nitrogens with one attached hydrogen (secondary N) is 3. The third-order valence-electron chi connectivity index (χ3n) is 3.65. The Hall–Kier alpha value is -2.04. The second kappa shape index (κ2) is 16.2. The van der Waals surface area contributed by atoms with E-state index in [4.69, 9.17) is 0 Å². The van der Waals surface area contributed by atoms with Crippen LogP contribution in [0.1, 0.15) is 19.8 Å². The minimum Gasteiger partial charge on any atom is -0.469 e. The number of methoxy groups -OCH3 is 2. The maximum Gasteiger partial charge on any atom is 0.309 e. The number of likely N-dealkylation sites (N-methyl/N-ethyl adjacent to an activating group) is 2. The minimum absolute atomic E-state index is 0.0417. The Kier molecular flexibility index (Phi) is 16.3. The molecule has 0 aliphatic carbocycles. The van der Waals surface area contributed by atoms with Crippen molar-refractivity contribution in [2.75, 3.05) is 55.5 Å². The molecule has 27 heavy (non-hydrogen) atoms. The Morgan fingerprint density at radius 2 is 1.74 bits per heavy atom. The zero-order valence-electron chi connectivity index (χ0n) is 17.4. The third-order valence-corrected chi connectivity index (χ3v) is 3.65. The quantitative estimate of drug-likeness (QED) is 0.361. The van der Waals surface area contributed by atoms with E-state index in [9.17, 15) is 19.2 Å². The number of amides is 2. The van der Waals surface area contributed by atoms with Gasteiger partial charge in [0, 0.05) is 20.1 Å². The smallest absolute Gasteiger partial charge is 0.309 e. The summed E-state index contributed by atoms with van der Waals surface area (Å²) in [4.78, 5) is 43.9. The molecule has 2 amide bonds. The number of hydrogen-bond acceptors (Lipinski definition) is 9. The predicted molar refractivity (Wildman–Crippen MR) is 101 cm³/mol. The highest BCUT2D eigenvalue weighted by atomic mass is 16.5. The number of carbonyl (C=O) groups excluding carboxylic acids is 4. The molecule has 0 spiro atoms. The van der Waals surface area contributed by atoms with Crippen LogP contribution in [-0.2, 0) is 28.7 Å². The zero-order chi connectivity index (χ0) is 21.4. The Labute approximate surface area is 161 Å². The Morgan fingerprint density at radius 1 is 1.15 bits per heavy atom. The van der Waals surface area contributed by atoms with E-state index in [0.717, 1.165) is 4.90 Å². The van der Waals surface area contributed by atoms with Gasteiger partial charge in [0.2, 0.25) is 11.8 Å². The molecule has 158 valence electrons. The van der Waals surface area contributed by atoms with Crippen LogP contribution in [0.25, 0.3) is 0 Å². The molecular formula is C17H34N4O6. The van der Waals surface area contributed by atoms with Crippen molar-refractivity contribution in [1.82, 2.24) is 20.9 Å². The van der Waals surface area contributed by atoms with Crippen LogP contribution < -0.4 is 16.0 Å². The molecule has 10 nitrogen and oxygen atoms in total. The highest BCUT2D eigenvalue weighted by Gasteiger charge is 2.34. The molecule has 2 atom stereocenters. The van der Waals surface area contributed by atoms with Crippen molar-refractivity contribution in [2.45, 2.75) is 25.8 Å². The molecule has 1 aliphatic rings. The molecule has 1 heterocycles. The van der Waals surface area contributed by atoms with Gasteiger partial charge in [0.15, 0.2) is 0 Å². The van der Waals surface area contributed by atoms with E-state index < -0.39 is 0 Å². The van der Waals surface area contributed by atoms with Crippen molar-refractivity contribution < 1.29 is 28.7 Å². The molecule has 3 N–H and O–H groups in total. The summed E-state index contributed by atoms with van der Waals surface area (Å²) in [6.07, 6.45) is 0.749. The number of esters is 2. The van der Waals surface area contributed by atoms with E-state index in [-0.39, 0.29) is 35.7 Å². The van der Waals surface area contributed by atoms with Crippen LogP contribution >= 0.6 is 0 Å². The number of nitrogens with zero attached hydrogens (tertiary/aromatic N) is 1. The second-order valence-electron chi connectivity index (χ2n) is 5.75. The van der Waals surface area contributed by atoms with Crippen molar-refractivity contribution in [3.8, 4) is 0 Å². The predicted octanol–water partition coefficient (Wildman–Crippen LogP) is -1.25. The molecule has 1 fully saturated rings. The van der Waals surface area contributed by atoms with E-state index in [2.05, 4.69) is 25.4 Å². The number of rotatable bonds is 7. The van der Waals surface area contributed by atoms with Crippen molar-refractivity contribution in [3.63, 3.8) is 0 Å². The molecule has 1 rings (SSSR count). The average Bonchev–Trinajstić information content (AvgIpc) is 2.93. The fourth-order valence-electron chi connectivity index (χ4n) is 1.90. The van der Waals surface area contributed by atoms with E-state index in [1.54, 1.807) is 21.1 Å². The maximum atomic E-state index is 11.0. The standard InChI is InChI=1S/C6H10N2O2.C6H13NO2.C5H11NO2/c1-7-4-3-5(9)8(2)6(4)10;1-5(4-7-2)6(8)9-3;1-6-4-3-5(7)8-2/h4,7H,3H2,1-2H3;5,7H,4H2,1-3H3;6H,3-4H2,1-2H3. The lowest BCUT2D eigenvalue weighted by atomic mass is 10.2. The van der Waals surface area contributed by atoms with Gasteiger partial charge in [0.1, 0.15) is 0 Å². The van der Waals surface area contributed by atoms with E-state index in [1.165, 1.54) is 21.3 Å². The van der Waals surface area contributed by atoms with Crippen LogP contribution in [-0.4, -0.2) is 90.2 Å². The van der Waals surface area contributed by atoms with Crippen LogP contribution in [0, 0.1) is 5.92 Å². The first-order valence-electron chi connectivity index (χ1n) is 8.61. The van der Waals surface area contributed by atoms with Gasteiger partial charge in [-0.3, -0.25) is 24.1 Å². The first-order valence-corrected chi connectivity index (χ1v) is 8.61. The van der Waals surface area contributed by atoms with Gasteiger partial charge in [-0.15, -0.1) is 0 Å². The summed E-state index contributed by atoms with van der Waals surface area (Å²) < 4.78 is 8.86. The van der Waals surface area contributed by atoms with E-state index in [0.29, 0.717) is 25.9 Å². The number of carbonyl (C=O) groups is 4. The lowest BCUT2D eigenvalue weighted by Crippen LogP contribution is -2.34. The Balaban J connectivity index is 0. The Morgan fingerprint density at radius 3 is 2.04 bits per heavy atom. The molecule has 1 aliphatic heterocycles. The highest BCUT2D eigenvalue weighted by Crippen LogP contribution is 2.09. The van der Waals surface area contributed by atoms with Crippen LogP contribution in [0.4, 0.5) is 0 Å². The SMILES string of the molecule is CNC1CC(=O)N(C)C1=O.CNCC(C)C(=O)OC.CNCCC(=O)OC. The normalized spacial score (nSPS) is 16.6. The zero-order valence-corrected chi connectivity index (χ0v) is 17.4. The molecule has 0 aromatic rings. The summed E-state index contributed by atoms with van der Waals surface area (Å²) in [6, 6.07) is -0.294. The van der Waals surface area contributed by atoms with E-state index >= 15 is 0 Å².